The van der Waals surface area contributed by atoms with Gasteiger partial charge in [0.15, 0.2) is 0 Å². The van der Waals surface area contributed by atoms with Gasteiger partial charge < -0.3 is 9.88 Å². The largest absolute Gasteiger partial charge is 0.354 e. The molecular formula is C25H26N4O2. The van der Waals surface area contributed by atoms with E-state index in [1.807, 2.05) is 51.1 Å². The highest BCUT2D eigenvalue weighted by Crippen LogP contribution is 2.23. The average molecular weight is 415 g/mol. The quantitative estimate of drug-likeness (QED) is 0.525. The lowest BCUT2D eigenvalue weighted by atomic mass is 10.0. The Kier molecular flexibility index (Phi) is 5.71. The van der Waals surface area contributed by atoms with Crippen molar-refractivity contribution >= 4 is 11.4 Å². The lowest BCUT2D eigenvalue weighted by molar-refractivity contribution is -0.120. The van der Waals surface area contributed by atoms with Crippen molar-refractivity contribution in [3.05, 3.63) is 93.5 Å². The fourth-order valence-corrected chi connectivity index (χ4v) is 3.62. The monoisotopic (exact) mass is 414 g/mol. The number of aryl methyl sites for hydroxylation is 3. The van der Waals surface area contributed by atoms with Crippen molar-refractivity contribution in [1.82, 2.24) is 19.5 Å². The van der Waals surface area contributed by atoms with Crippen LogP contribution in [-0.4, -0.2) is 26.6 Å². The Morgan fingerprint density at radius 1 is 0.968 bits per heavy atom. The molecule has 31 heavy (non-hydrogen) atoms. The summed E-state index contributed by atoms with van der Waals surface area (Å²) in [5.74, 6) is -0.0560. The molecule has 6 heteroatoms. The van der Waals surface area contributed by atoms with Gasteiger partial charge in [-0.3, -0.25) is 9.59 Å². The van der Waals surface area contributed by atoms with E-state index in [1.165, 1.54) is 5.56 Å². The molecule has 4 aromatic rings. The highest BCUT2D eigenvalue weighted by molar-refractivity contribution is 5.78. The molecule has 0 aliphatic heterocycles. The number of hydrogen-bond acceptors (Lipinski definition) is 3. The highest BCUT2D eigenvalue weighted by atomic mass is 16.1. The molecule has 0 spiro atoms. The van der Waals surface area contributed by atoms with E-state index in [4.69, 9.17) is 0 Å². The molecule has 0 saturated carbocycles. The lowest BCUT2D eigenvalue weighted by Crippen LogP contribution is -2.32. The zero-order valence-electron chi connectivity index (χ0n) is 18.1. The summed E-state index contributed by atoms with van der Waals surface area (Å²) < 4.78 is 3.22. The second kappa shape index (κ2) is 8.60. The van der Waals surface area contributed by atoms with Gasteiger partial charge in [0, 0.05) is 31.0 Å². The van der Waals surface area contributed by atoms with Crippen molar-refractivity contribution in [2.45, 2.75) is 33.7 Å². The van der Waals surface area contributed by atoms with E-state index in [-0.39, 0.29) is 11.5 Å². The van der Waals surface area contributed by atoms with Crippen LogP contribution in [0.3, 0.4) is 0 Å². The Morgan fingerprint density at radius 2 is 1.71 bits per heavy atom. The third-order valence-electron chi connectivity index (χ3n) is 5.43. The topological polar surface area (TPSA) is 68.4 Å². The van der Waals surface area contributed by atoms with E-state index in [1.54, 1.807) is 21.5 Å². The molecule has 0 aliphatic carbocycles. The van der Waals surface area contributed by atoms with Crippen LogP contribution in [0.15, 0.2) is 65.7 Å². The van der Waals surface area contributed by atoms with E-state index in [0.717, 1.165) is 27.9 Å². The van der Waals surface area contributed by atoms with Gasteiger partial charge in [0.2, 0.25) is 5.91 Å². The van der Waals surface area contributed by atoms with Crippen molar-refractivity contribution < 1.29 is 4.79 Å². The van der Waals surface area contributed by atoms with Gasteiger partial charge in [0.05, 0.1) is 12.1 Å². The smallest absolute Gasteiger partial charge is 0.276 e. The van der Waals surface area contributed by atoms with Crippen molar-refractivity contribution in [1.29, 1.82) is 0 Å². The number of fused-ring (bicyclic) bond motifs is 1. The first-order valence-electron chi connectivity index (χ1n) is 10.4. The van der Waals surface area contributed by atoms with E-state index in [9.17, 15) is 9.59 Å². The van der Waals surface area contributed by atoms with Crippen LogP contribution in [0.25, 0.3) is 16.8 Å². The molecule has 4 rings (SSSR count). The summed E-state index contributed by atoms with van der Waals surface area (Å²) in [4.78, 5) is 25.1. The Morgan fingerprint density at radius 3 is 2.48 bits per heavy atom. The number of carbonyl (C=O) groups excluding carboxylic acids is 1. The molecule has 0 radical (unpaired) electrons. The molecule has 1 amide bonds. The minimum Gasteiger partial charge on any atom is -0.354 e. The van der Waals surface area contributed by atoms with E-state index < -0.39 is 0 Å². The van der Waals surface area contributed by atoms with Gasteiger partial charge in [-0.25, -0.2) is 4.52 Å². The second-order valence-electron chi connectivity index (χ2n) is 7.99. The van der Waals surface area contributed by atoms with Gasteiger partial charge in [-0.05, 0) is 44.0 Å². The number of nitrogens with one attached hydrogen (secondary N) is 1. The summed E-state index contributed by atoms with van der Waals surface area (Å²) in [5.41, 5.74) is 6.60. The number of nitrogens with zero attached hydrogens (tertiary/aromatic N) is 3. The fourth-order valence-electron chi connectivity index (χ4n) is 3.62. The molecule has 0 saturated heterocycles. The minimum absolute atomic E-state index is 0.0560. The Balaban J connectivity index is 1.45. The molecule has 6 nitrogen and oxygen atoms in total. The number of benzene rings is 2. The molecule has 0 atom stereocenters. The summed E-state index contributed by atoms with van der Waals surface area (Å²) in [6.07, 6.45) is 3.82. The second-order valence-corrected chi connectivity index (χ2v) is 7.99. The van der Waals surface area contributed by atoms with Crippen LogP contribution in [-0.2, 0) is 17.8 Å². The van der Waals surface area contributed by atoms with Crippen molar-refractivity contribution in [3.63, 3.8) is 0 Å². The third-order valence-corrected chi connectivity index (χ3v) is 5.43. The molecule has 0 bridgehead atoms. The summed E-state index contributed by atoms with van der Waals surface area (Å²) in [6, 6.07) is 15.9. The first-order chi connectivity index (χ1) is 14.9. The van der Waals surface area contributed by atoms with Crippen LogP contribution in [0.5, 0.6) is 0 Å². The third kappa shape index (κ3) is 4.58. The Labute approximate surface area is 181 Å². The predicted octanol–water partition coefficient (Wildman–Crippen LogP) is 3.45. The van der Waals surface area contributed by atoms with Gasteiger partial charge in [0.1, 0.15) is 5.52 Å². The number of amides is 1. The summed E-state index contributed by atoms with van der Waals surface area (Å²) in [7, 11) is 0. The molecule has 158 valence electrons. The molecule has 2 aromatic heterocycles. The van der Waals surface area contributed by atoms with E-state index in [0.29, 0.717) is 25.0 Å². The normalized spacial score (nSPS) is 11.1. The van der Waals surface area contributed by atoms with Gasteiger partial charge >= 0.3 is 0 Å². The van der Waals surface area contributed by atoms with Crippen LogP contribution in [0.1, 0.15) is 22.3 Å². The van der Waals surface area contributed by atoms with E-state index >= 15 is 0 Å². The van der Waals surface area contributed by atoms with Crippen LogP contribution in [0, 0.1) is 20.8 Å². The standard InChI is InChI=1S/C25H26N4O2/c1-17-5-8-20(9-6-17)15-24(30)26-10-11-28-12-13-29-23(25(28)31)16-22(27-29)21-14-18(2)4-7-19(21)3/h4-9,12-14,16H,10-11,15H2,1-3H3,(H,26,30). The molecule has 2 aromatic carbocycles. The summed E-state index contributed by atoms with van der Waals surface area (Å²) >= 11 is 0. The molecular weight excluding hydrogens is 388 g/mol. The SMILES string of the molecule is Cc1ccc(CC(=O)NCCn2ccn3nc(-c4cc(C)ccc4C)cc3c2=O)cc1. The van der Waals surface area contributed by atoms with Crippen LogP contribution in [0.2, 0.25) is 0 Å². The molecule has 2 heterocycles. The first kappa shape index (κ1) is 20.6. The van der Waals surface area contributed by atoms with Crippen molar-refractivity contribution in [3.8, 4) is 11.3 Å². The zero-order chi connectivity index (χ0) is 22.0. The van der Waals surface area contributed by atoms with Gasteiger partial charge in [-0.15, -0.1) is 0 Å². The molecule has 0 aliphatic rings. The van der Waals surface area contributed by atoms with Crippen molar-refractivity contribution in [2.24, 2.45) is 0 Å². The first-order valence-corrected chi connectivity index (χ1v) is 10.4. The Hall–Kier alpha value is -3.67. The molecule has 1 N–H and O–H groups in total. The summed E-state index contributed by atoms with van der Waals surface area (Å²) in [6.45, 7) is 6.89. The number of aromatic nitrogens is 3. The van der Waals surface area contributed by atoms with Gasteiger partial charge in [-0.1, -0.05) is 47.5 Å². The molecule has 0 unspecified atom stereocenters. The van der Waals surface area contributed by atoms with Gasteiger partial charge in [-0.2, -0.15) is 5.10 Å². The van der Waals surface area contributed by atoms with Crippen molar-refractivity contribution in [2.75, 3.05) is 6.54 Å². The summed E-state index contributed by atoms with van der Waals surface area (Å²) in [5, 5.41) is 7.48. The number of hydrogen-bond donors (Lipinski definition) is 1. The Bertz CT molecular complexity index is 1300. The van der Waals surface area contributed by atoms with Crippen LogP contribution >= 0.6 is 0 Å². The minimum atomic E-state index is -0.126. The molecule has 0 fully saturated rings. The average Bonchev–Trinajstić information content (AvgIpc) is 3.18. The predicted molar refractivity (Wildman–Crippen MR) is 122 cm³/mol. The maximum absolute atomic E-state index is 12.9. The van der Waals surface area contributed by atoms with Crippen LogP contribution in [0.4, 0.5) is 0 Å². The van der Waals surface area contributed by atoms with Gasteiger partial charge in [0.25, 0.3) is 5.56 Å². The maximum Gasteiger partial charge on any atom is 0.276 e. The van der Waals surface area contributed by atoms with Crippen LogP contribution < -0.4 is 10.9 Å². The highest BCUT2D eigenvalue weighted by Gasteiger charge is 2.11. The number of rotatable bonds is 6. The number of carbonyl (C=O) groups is 1. The fraction of sp³-hybridized carbons (Fsp3) is 0.240. The lowest BCUT2D eigenvalue weighted by Gasteiger charge is -2.08. The van der Waals surface area contributed by atoms with E-state index in [2.05, 4.69) is 28.6 Å². The zero-order valence-corrected chi connectivity index (χ0v) is 18.1. The maximum atomic E-state index is 12.9.